The summed E-state index contributed by atoms with van der Waals surface area (Å²) in [5.74, 6) is -0.0473. The molecule has 2 N–H and O–H groups in total. The second-order valence-electron chi connectivity index (χ2n) is 7.50. The Morgan fingerprint density at radius 3 is 2.81 bits per heavy atom. The molecule has 2 aromatic heterocycles. The molecule has 0 unspecified atom stereocenters. The number of pyridine rings is 1. The van der Waals surface area contributed by atoms with Crippen molar-refractivity contribution in [2.24, 2.45) is 4.99 Å². The summed E-state index contributed by atoms with van der Waals surface area (Å²) in [5, 5.41) is 4.34. The van der Waals surface area contributed by atoms with E-state index in [-0.39, 0.29) is 5.91 Å². The number of hydrogen-bond acceptors (Lipinski definition) is 5. The summed E-state index contributed by atoms with van der Waals surface area (Å²) in [7, 11) is 5.16. The Bertz CT molecular complexity index is 1130. The number of aryl methyl sites for hydroxylation is 1. The second-order valence-corrected chi connectivity index (χ2v) is 7.50. The maximum Gasteiger partial charge on any atom is 0.269 e. The van der Waals surface area contributed by atoms with Gasteiger partial charge >= 0.3 is 0 Å². The van der Waals surface area contributed by atoms with Crippen LogP contribution in [0, 0.1) is 6.92 Å². The number of nitrogens with one attached hydrogen (secondary N) is 2. The Balaban J connectivity index is 1.80. The van der Waals surface area contributed by atoms with Crippen LogP contribution in [0.2, 0.25) is 0 Å². The first-order valence-electron chi connectivity index (χ1n) is 10.1. The first-order chi connectivity index (χ1) is 14.9. The lowest BCUT2D eigenvalue weighted by Crippen LogP contribution is -2.21. The first-order valence-corrected chi connectivity index (χ1v) is 10.1. The molecule has 3 rings (SSSR count). The maximum atomic E-state index is 12.3. The number of hydrogen-bond donors (Lipinski definition) is 2. The highest BCUT2D eigenvalue weighted by Gasteiger charge is 2.13. The number of aromatic amines is 1. The number of allylic oxidation sites excluding steroid dienone is 2. The lowest BCUT2D eigenvalue weighted by Gasteiger charge is -2.08. The topological polar surface area (TPSA) is 82.6 Å². The molecule has 7 nitrogen and oxygen atoms in total. The predicted molar refractivity (Wildman–Crippen MR) is 126 cm³/mol. The van der Waals surface area contributed by atoms with Crippen LogP contribution in [0.25, 0.3) is 10.9 Å². The van der Waals surface area contributed by atoms with E-state index in [1.165, 1.54) is 0 Å². The number of ether oxygens (including phenoxy) is 1. The number of H-pyrrole nitrogens is 1. The van der Waals surface area contributed by atoms with Crippen LogP contribution < -0.4 is 5.32 Å². The molecular formula is C24H29N5O2. The van der Waals surface area contributed by atoms with E-state index in [0.29, 0.717) is 19.0 Å². The number of carbonyl (C=O) groups excluding carboxylic acids is 1. The Kier molecular flexibility index (Phi) is 7.20. The molecule has 31 heavy (non-hydrogen) atoms. The molecular weight excluding hydrogens is 390 g/mol. The van der Waals surface area contributed by atoms with E-state index in [0.717, 1.165) is 39.1 Å². The largest absolute Gasteiger partial charge is 0.380 e. The number of benzene rings is 1. The average Bonchev–Trinajstić information content (AvgIpc) is 3.18. The van der Waals surface area contributed by atoms with Gasteiger partial charge in [0.05, 0.1) is 18.0 Å². The van der Waals surface area contributed by atoms with Crippen molar-refractivity contribution >= 4 is 28.2 Å². The molecule has 0 radical (unpaired) electrons. The van der Waals surface area contributed by atoms with Crippen LogP contribution in [0.15, 0.2) is 53.7 Å². The van der Waals surface area contributed by atoms with Gasteiger partial charge in [-0.3, -0.25) is 14.8 Å². The molecule has 2 heterocycles. The van der Waals surface area contributed by atoms with E-state index in [9.17, 15) is 4.79 Å². The van der Waals surface area contributed by atoms with Gasteiger partial charge in [-0.25, -0.2) is 0 Å². The summed E-state index contributed by atoms with van der Waals surface area (Å²) in [5.41, 5.74) is 6.20. The van der Waals surface area contributed by atoms with Gasteiger partial charge in [-0.2, -0.15) is 0 Å². The third kappa shape index (κ3) is 5.38. The molecule has 1 amide bonds. The molecule has 0 atom stereocenters. The lowest BCUT2D eigenvalue weighted by atomic mass is 10.1. The number of nitrogens with zero attached hydrogens (tertiary/aromatic N) is 3. The third-order valence-corrected chi connectivity index (χ3v) is 4.82. The van der Waals surface area contributed by atoms with E-state index < -0.39 is 0 Å². The smallest absolute Gasteiger partial charge is 0.269 e. The summed E-state index contributed by atoms with van der Waals surface area (Å²) in [4.78, 5) is 26.2. The van der Waals surface area contributed by atoms with E-state index in [1.807, 2.05) is 56.3 Å². The Labute approximate surface area is 182 Å². The maximum absolute atomic E-state index is 12.3. The van der Waals surface area contributed by atoms with Crippen LogP contribution in [-0.2, 0) is 11.3 Å². The van der Waals surface area contributed by atoms with E-state index in [2.05, 4.69) is 15.3 Å². The van der Waals surface area contributed by atoms with Gasteiger partial charge in [0.15, 0.2) is 0 Å². The number of aliphatic imine (C=N–C) groups is 1. The van der Waals surface area contributed by atoms with Crippen molar-refractivity contribution in [3.63, 3.8) is 0 Å². The van der Waals surface area contributed by atoms with Crippen LogP contribution in [0.4, 0.5) is 5.69 Å². The normalized spacial score (nSPS) is 12.0. The Morgan fingerprint density at radius 1 is 1.29 bits per heavy atom. The summed E-state index contributed by atoms with van der Waals surface area (Å²) in [6, 6.07) is 9.87. The van der Waals surface area contributed by atoms with Crippen LogP contribution in [-0.4, -0.2) is 54.4 Å². The highest BCUT2D eigenvalue weighted by molar-refractivity contribution is 6.07. The van der Waals surface area contributed by atoms with Crippen molar-refractivity contribution in [1.82, 2.24) is 14.9 Å². The highest BCUT2D eigenvalue weighted by Crippen LogP contribution is 2.24. The minimum Gasteiger partial charge on any atom is -0.380 e. The van der Waals surface area contributed by atoms with Crippen LogP contribution in [0.5, 0.6) is 0 Å². The van der Waals surface area contributed by atoms with Gasteiger partial charge in [-0.15, -0.1) is 0 Å². The molecule has 0 fully saturated rings. The lowest BCUT2D eigenvalue weighted by molar-refractivity contribution is 0.0823. The van der Waals surface area contributed by atoms with Crippen LogP contribution >= 0.6 is 0 Å². The Morgan fingerprint density at radius 2 is 2.10 bits per heavy atom. The van der Waals surface area contributed by atoms with Gasteiger partial charge < -0.3 is 19.9 Å². The third-order valence-electron chi connectivity index (χ3n) is 4.82. The number of carbonyl (C=O) groups is 1. The van der Waals surface area contributed by atoms with Crippen molar-refractivity contribution in [3.8, 4) is 0 Å². The van der Waals surface area contributed by atoms with Gasteiger partial charge in [0.1, 0.15) is 12.4 Å². The molecule has 3 aromatic rings. The number of anilines is 1. The first kappa shape index (κ1) is 22.2. The van der Waals surface area contributed by atoms with Gasteiger partial charge in [0, 0.05) is 44.0 Å². The molecule has 0 aliphatic heterocycles. The number of aromatic nitrogens is 2. The fraction of sp³-hybridized carbons (Fsp3) is 0.292. The molecule has 0 aliphatic carbocycles. The summed E-state index contributed by atoms with van der Waals surface area (Å²) < 4.78 is 5.21. The monoisotopic (exact) mass is 419 g/mol. The van der Waals surface area contributed by atoms with Crippen molar-refractivity contribution in [2.45, 2.75) is 20.5 Å². The molecule has 0 aliphatic rings. The van der Waals surface area contributed by atoms with Crippen molar-refractivity contribution in [2.75, 3.05) is 33.2 Å². The molecule has 7 heteroatoms. The predicted octanol–water partition coefficient (Wildman–Crippen LogP) is 4.15. The van der Waals surface area contributed by atoms with Crippen molar-refractivity contribution in [1.29, 1.82) is 0 Å². The molecule has 0 saturated heterocycles. The number of rotatable bonds is 8. The summed E-state index contributed by atoms with van der Waals surface area (Å²) in [6.45, 7) is 4.91. The summed E-state index contributed by atoms with van der Waals surface area (Å²) in [6.07, 6.45) is 5.66. The van der Waals surface area contributed by atoms with Crippen molar-refractivity contribution in [3.05, 3.63) is 71.2 Å². The van der Waals surface area contributed by atoms with E-state index in [1.54, 1.807) is 32.3 Å². The number of methoxy groups -OCH3 is 1. The second kappa shape index (κ2) is 10.0. The minimum atomic E-state index is -0.0473. The Hall–Kier alpha value is -3.45. The zero-order chi connectivity index (χ0) is 22.4. The van der Waals surface area contributed by atoms with Crippen LogP contribution in [0.3, 0.4) is 0 Å². The quantitative estimate of drug-likeness (QED) is 0.537. The van der Waals surface area contributed by atoms with Gasteiger partial charge in [-0.05, 0) is 61.4 Å². The van der Waals surface area contributed by atoms with Gasteiger partial charge in [-0.1, -0.05) is 6.08 Å². The zero-order valence-corrected chi connectivity index (χ0v) is 18.7. The van der Waals surface area contributed by atoms with Crippen molar-refractivity contribution < 1.29 is 9.53 Å². The van der Waals surface area contributed by atoms with Gasteiger partial charge in [0.25, 0.3) is 5.91 Å². The van der Waals surface area contributed by atoms with E-state index in [4.69, 9.17) is 9.73 Å². The minimum absolute atomic E-state index is 0.0473. The standard InChI is InChI=1S/C24H29N5O2/c1-6-7-20(21-11-17(14-31-5)8-9-25-21)27-15-26-19-10-16(2)23-18(12-19)13-22(28-23)24(30)29(3)4/h6-13,26,28H,14-15H2,1-5H3/b7-6-,27-20+. The van der Waals surface area contributed by atoms with Crippen LogP contribution in [0.1, 0.15) is 34.2 Å². The molecule has 1 aromatic carbocycles. The number of fused-ring (bicyclic) bond motifs is 1. The zero-order valence-electron chi connectivity index (χ0n) is 18.7. The molecule has 0 spiro atoms. The summed E-state index contributed by atoms with van der Waals surface area (Å²) >= 11 is 0. The number of amides is 1. The molecule has 0 saturated carbocycles. The fourth-order valence-corrected chi connectivity index (χ4v) is 3.35. The molecule has 0 bridgehead atoms. The SMILES string of the molecule is C/C=C\C(=N/CNc1cc(C)c2[nH]c(C(=O)N(C)C)cc2c1)c1cc(COC)ccn1. The van der Waals surface area contributed by atoms with Gasteiger partial charge in [0.2, 0.25) is 0 Å². The highest BCUT2D eigenvalue weighted by atomic mass is 16.5. The fourth-order valence-electron chi connectivity index (χ4n) is 3.35. The molecule has 162 valence electrons. The van der Waals surface area contributed by atoms with E-state index >= 15 is 0 Å². The average molecular weight is 420 g/mol.